The van der Waals surface area contributed by atoms with E-state index in [0.29, 0.717) is 5.92 Å². The third-order valence-electron chi connectivity index (χ3n) is 4.68. The van der Waals surface area contributed by atoms with Crippen molar-refractivity contribution in [1.29, 1.82) is 0 Å². The molecule has 120 valence electrons. The summed E-state index contributed by atoms with van der Waals surface area (Å²) < 4.78 is 0. The minimum absolute atomic E-state index is 0.402. The first kappa shape index (κ1) is 15.7. The highest BCUT2D eigenvalue weighted by Crippen LogP contribution is 2.33. The van der Waals surface area contributed by atoms with Gasteiger partial charge in [-0.25, -0.2) is 0 Å². The molecule has 4 nitrogen and oxygen atoms in total. The molecule has 1 aromatic carbocycles. The highest BCUT2D eigenvalue weighted by Gasteiger charge is 2.34. The Balaban J connectivity index is 1.75. The summed E-state index contributed by atoms with van der Waals surface area (Å²) in [6.07, 6.45) is 5.36. The number of hydrogen-bond donors (Lipinski definition) is 1. The predicted molar refractivity (Wildman–Crippen MR) is 89.4 cm³/mol. The fraction of sp³-hybridized carbons (Fsp3) is 0.368. The van der Waals surface area contributed by atoms with Gasteiger partial charge in [0, 0.05) is 18.9 Å². The summed E-state index contributed by atoms with van der Waals surface area (Å²) in [5.74, 6) is -0.403. The summed E-state index contributed by atoms with van der Waals surface area (Å²) in [5, 5.41) is 9.64. The van der Waals surface area contributed by atoms with Gasteiger partial charge in [0.25, 0.3) is 0 Å². The van der Waals surface area contributed by atoms with Crippen LogP contribution in [0.1, 0.15) is 42.0 Å². The highest BCUT2D eigenvalue weighted by atomic mass is 16.4. The second kappa shape index (κ2) is 6.92. The predicted octanol–water partition coefficient (Wildman–Crippen LogP) is 3.26. The Bertz CT molecular complexity index is 655. The molecule has 0 bridgehead atoms. The molecular formula is C19H22N2O2. The number of aliphatic carboxylic acids is 1. The molecule has 2 atom stereocenters. The average Bonchev–Trinajstić information content (AvgIpc) is 3.05. The number of carbonyl (C=O) groups is 1. The van der Waals surface area contributed by atoms with Gasteiger partial charge in [-0.3, -0.25) is 14.7 Å². The summed E-state index contributed by atoms with van der Waals surface area (Å²) >= 11 is 0. The normalized spacial score (nSPS) is 19.6. The quantitative estimate of drug-likeness (QED) is 0.921. The van der Waals surface area contributed by atoms with Crippen LogP contribution in [0.15, 0.2) is 48.8 Å². The number of rotatable bonds is 5. The third kappa shape index (κ3) is 3.42. The molecule has 0 amide bonds. The SMILES string of the molecule is CCc1ccc(C2CCN(C(C(=O)O)c3cccnc3)C2)cc1. The third-order valence-corrected chi connectivity index (χ3v) is 4.68. The Labute approximate surface area is 136 Å². The second-order valence-electron chi connectivity index (χ2n) is 6.10. The lowest BCUT2D eigenvalue weighted by molar-refractivity contribution is -0.143. The number of carboxylic acid groups (broad SMARTS) is 1. The van der Waals surface area contributed by atoms with Gasteiger partial charge in [0.05, 0.1) is 0 Å². The van der Waals surface area contributed by atoms with Gasteiger partial charge in [-0.2, -0.15) is 0 Å². The van der Waals surface area contributed by atoms with Crippen LogP contribution in [0.25, 0.3) is 0 Å². The van der Waals surface area contributed by atoms with E-state index >= 15 is 0 Å². The summed E-state index contributed by atoms with van der Waals surface area (Å²) in [6, 6.07) is 11.8. The van der Waals surface area contributed by atoms with Crippen LogP contribution in [0.4, 0.5) is 0 Å². The standard InChI is InChI=1S/C19H22N2O2/c1-2-14-5-7-15(8-6-14)17-9-11-21(13-17)18(19(22)23)16-4-3-10-20-12-16/h3-8,10,12,17-18H,2,9,11,13H2,1H3,(H,22,23). The number of aromatic nitrogens is 1. The van der Waals surface area contributed by atoms with Crippen molar-refractivity contribution in [3.05, 3.63) is 65.5 Å². The number of benzene rings is 1. The van der Waals surface area contributed by atoms with Crippen molar-refractivity contribution in [2.75, 3.05) is 13.1 Å². The summed E-state index contributed by atoms with van der Waals surface area (Å²) in [7, 11) is 0. The van der Waals surface area contributed by atoms with Crippen molar-refractivity contribution < 1.29 is 9.90 Å². The average molecular weight is 310 g/mol. The van der Waals surface area contributed by atoms with Crippen LogP contribution in [-0.4, -0.2) is 34.0 Å². The van der Waals surface area contributed by atoms with E-state index in [-0.39, 0.29) is 0 Å². The molecule has 4 heteroatoms. The smallest absolute Gasteiger partial charge is 0.325 e. The van der Waals surface area contributed by atoms with Crippen molar-refractivity contribution >= 4 is 5.97 Å². The van der Waals surface area contributed by atoms with Gasteiger partial charge in [0.2, 0.25) is 0 Å². The molecule has 2 unspecified atom stereocenters. The number of nitrogens with zero attached hydrogens (tertiary/aromatic N) is 2. The first-order valence-corrected chi connectivity index (χ1v) is 8.14. The lowest BCUT2D eigenvalue weighted by Gasteiger charge is -2.24. The molecular weight excluding hydrogens is 288 g/mol. The van der Waals surface area contributed by atoms with Gasteiger partial charge in [-0.15, -0.1) is 0 Å². The zero-order valence-electron chi connectivity index (χ0n) is 13.4. The van der Waals surface area contributed by atoms with E-state index in [0.717, 1.165) is 31.5 Å². The number of hydrogen-bond acceptors (Lipinski definition) is 3. The molecule has 2 heterocycles. The Morgan fingerprint density at radius 3 is 2.74 bits per heavy atom. The van der Waals surface area contributed by atoms with Gasteiger partial charge >= 0.3 is 5.97 Å². The van der Waals surface area contributed by atoms with E-state index < -0.39 is 12.0 Å². The van der Waals surface area contributed by atoms with E-state index in [1.807, 2.05) is 6.07 Å². The summed E-state index contributed by atoms with van der Waals surface area (Å²) in [4.78, 5) is 17.9. The largest absolute Gasteiger partial charge is 0.480 e. The van der Waals surface area contributed by atoms with Crippen LogP contribution in [0, 0.1) is 0 Å². The van der Waals surface area contributed by atoms with E-state index in [2.05, 4.69) is 41.1 Å². The van der Waals surface area contributed by atoms with Crippen LogP contribution >= 0.6 is 0 Å². The molecule has 0 saturated carbocycles. The molecule has 0 spiro atoms. The minimum Gasteiger partial charge on any atom is -0.480 e. The zero-order chi connectivity index (χ0) is 16.2. The van der Waals surface area contributed by atoms with Crippen molar-refractivity contribution in [3.63, 3.8) is 0 Å². The van der Waals surface area contributed by atoms with Crippen LogP contribution in [-0.2, 0) is 11.2 Å². The highest BCUT2D eigenvalue weighted by molar-refractivity contribution is 5.75. The Morgan fingerprint density at radius 2 is 2.13 bits per heavy atom. The number of pyridine rings is 1. The molecule has 2 aromatic rings. The van der Waals surface area contributed by atoms with Gasteiger partial charge in [0.15, 0.2) is 0 Å². The van der Waals surface area contributed by atoms with Crippen LogP contribution in [0.2, 0.25) is 0 Å². The zero-order valence-corrected chi connectivity index (χ0v) is 13.4. The van der Waals surface area contributed by atoms with E-state index in [4.69, 9.17) is 0 Å². The van der Waals surface area contributed by atoms with E-state index in [1.165, 1.54) is 11.1 Å². The number of aryl methyl sites for hydroxylation is 1. The molecule has 23 heavy (non-hydrogen) atoms. The fourth-order valence-electron chi connectivity index (χ4n) is 3.37. The van der Waals surface area contributed by atoms with Crippen LogP contribution in [0.3, 0.4) is 0 Å². The Morgan fingerprint density at radius 1 is 1.35 bits per heavy atom. The Hall–Kier alpha value is -2.20. The van der Waals surface area contributed by atoms with Gasteiger partial charge in [-0.05, 0) is 48.1 Å². The molecule has 1 aliphatic rings. The van der Waals surface area contributed by atoms with Crippen molar-refractivity contribution in [2.24, 2.45) is 0 Å². The number of carboxylic acids is 1. The molecule has 3 rings (SSSR count). The maximum absolute atomic E-state index is 11.7. The van der Waals surface area contributed by atoms with Crippen LogP contribution < -0.4 is 0 Å². The van der Waals surface area contributed by atoms with E-state index in [9.17, 15) is 9.90 Å². The van der Waals surface area contributed by atoms with Crippen molar-refractivity contribution in [2.45, 2.75) is 31.7 Å². The monoisotopic (exact) mass is 310 g/mol. The molecule has 1 aromatic heterocycles. The maximum Gasteiger partial charge on any atom is 0.325 e. The second-order valence-corrected chi connectivity index (χ2v) is 6.10. The van der Waals surface area contributed by atoms with E-state index in [1.54, 1.807) is 18.5 Å². The minimum atomic E-state index is -0.806. The summed E-state index contributed by atoms with van der Waals surface area (Å²) in [5.41, 5.74) is 3.39. The molecule has 0 radical (unpaired) electrons. The fourth-order valence-corrected chi connectivity index (χ4v) is 3.37. The van der Waals surface area contributed by atoms with Gasteiger partial charge in [0.1, 0.15) is 6.04 Å². The first-order chi connectivity index (χ1) is 11.2. The maximum atomic E-state index is 11.7. The first-order valence-electron chi connectivity index (χ1n) is 8.14. The van der Waals surface area contributed by atoms with Gasteiger partial charge in [-0.1, -0.05) is 37.3 Å². The van der Waals surface area contributed by atoms with Crippen LogP contribution in [0.5, 0.6) is 0 Å². The molecule has 1 fully saturated rings. The molecule has 1 N–H and O–H groups in total. The Kier molecular flexibility index (Phi) is 4.72. The van der Waals surface area contributed by atoms with Crippen molar-refractivity contribution in [1.82, 2.24) is 9.88 Å². The molecule has 0 aliphatic carbocycles. The lowest BCUT2D eigenvalue weighted by Crippen LogP contribution is -2.32. The molecule has 1 saturated heterocycles. The number of likely N-dealkylation sites (tertiary alicyclic amines) is 1. The van der Waals surface area contributed by atoms with Gasteiger partial charge < -0.3 is 5.11 Å². The van der Waals surface area contributed by atoms with Crippen molar-refractivity contribution in [3.8, 4) is 0 Å². The molecule has 1 aliphatic heterocycles. The summed E-state index contributed by atoms with van der Waals surface area (Å²) in [6.45, 7) is 3.72. The lowest BCUT2D eigenvalue weighted by atomic mass is 9.97. The topological polar surface area (TPSA) is 53.4 Å².